The molecule has 2 heterocycles. The second-order valence-corrected chi connectivity index (χ2v) is 6.90. The van der Waals surface area contributed by atoms with E-state index in [9.17, 15) is 14.7 Å². The Hall–Kier alpha value is -2.76. The van der Waals surface area contributed by atoms with Crippen LogP contribution in [0.2, 0.25) is 0 Å². The minimum Gasteiger partial charge on any atom is -0.496 e. The van der Waals surface area contributed by atoms with Gasteiger partial charge in [0.2, 0.25) is 0 Å². The highest BCUT2D eigenvalue weighted by Crippen LogP contribution is 2.37. The third-order valence-corrected chi connectivity index (χ3v) is 5.56. The molecule has 1 aliphatic heterocycles. The summed E-state index contributed by atoms with van der Waals surface area (Å²) in [6.07, 6.45) is 3.30. The molecule has 2 unspecified atom stereocenters. The fraction of sp³-hybridized carbons (Fsp3) is 0.429. The topological polar surface area (TPSA) is 71.8 Å². The number of fused-ring (bicyclic) bond motifs is 1. The van der Waals surface area contributed by atoms with Crippen LogP contribution in [0.15, 0.2) is 42.6 Å². The molecule has 144 valence electrons. The predicted octanol–water partition coefficient (Wildman–Crippen LogP) is 3.58. The molecule has 1 N–H and O–H groups in total. The van der Waals surface area contributed by atoms with E-state index in [2.05, 4.69) is 0 Å². The summed E-state index contributed by atoms with van der Waals surface area (Å²) in [5.74, 6) is -0.274. The largest absolute Gasteiger partial charge is 0.496 e. The van der Waals surface area contributed by atoms with Crippen molar-refractivity contribution in [2.45, 2.75) is 45.3 Å². The van der Waals surface area contributed by atoms with Crippen LogP contribution in [0.3, 0.4) is 0 Å². The molecule has 6 nitrogen and oxygen atoms in total. The van der Waals surface area contributed by atoms with Crippen LogP contribution in [-0.4, -0.2) is 39.6 Å². The third kappa shape index (κ3) is 3.31. The van der Waals surface area contributed by atoms with E-state index in [1.54, 1.807) is 34.9 Å². The first kappa shape index (κ1) is 19.0. The standard InChI is InChI=1S/C21H26N2O4/c1-4-14(5-2)18-19(21(25)26)22-12-8-10-16(22)20(24)23(18)13-15-9-6-7-11-17(15)27-3/h6-12,14,18-19H,4-5,13H2,1-3H3,(H,25,26). The number of carbonyl (C=O) groups is 2. The summed E-state index contributed by atoms with van der Waals surface area (Å²) in [6.45, 7) is 4.41. The summed E-state index contributed by atoms with van der Waals surface area (Å²) >= 11 is 0. The second kappa shape index (κ2) is 7.86. The molecule has 1 aliphatic rings. The molecule has 0 radical (unpaired) electrons. The Balaban J connectivity index is 2.11. The van der Waals surface area contributed by atoms with Crippen LogP contribution in [0.25, 0.3) is 0 Å². The molecule has 0 aliphatic carbocycles. The maximum atomic E-state index is 13.3. The number of carboxylic acids is 1. The number of aromatic nitrogens is 1. The number of ether oxygens (including phenoxy) is 1. The van der Waals surface area contributed by atoms with Gasteiger partial charge in [0.1, 0.15) is 11.4 Å². The molecule has 6 heteroatoms. The van der Waals surface area contributed by atoms with Crippen molar-refractivity contribution in [1.29, 1.82) is 0 Å². The molecule has 0 spiro atoms. The summed E-state index contributed by atoms with van der Waals surface area (Å²) in [6, 6.07) is 9.75. The molecule has 1 amide bonds. The Morgan fingerprint density at radius 3 is 2.52 bits per heavy atom. The van der Waals surface area contributed by atoms with Crippen LogP contribution in [0, 0.1) is 5.92 Å². The Bertz CT molecular complexity index is 825. The van der Waals surface area contributed by atoms with Gasteiger partial charge in [0, 0.05) is 11.8 Å². The van der Waals surface area contributed by atoms with E-state index in [4.69, 9.17) is 4.74 Å². The fourth-order valence-corrected chi connectivity index (χ4v) is 4.18. The van der Waals surface area contributed by atoms with E-state index in [0.29, 0.717) is 18.0 Å². The second-order valence-electron chi connectivity index (χ2n) is 6.90. The number of carboxylic acid groups (broad SMARTS) is 1. The smallest absolute Gasteiger partial charge is 0.328 e. The Kier molecular flexibility index (Phi) is 5.54. The van der Waals surface area contributed by atoms with Crippen molar-refractivity contribution in [3.63, 3.8) is 0 Å². The van der Waals surface area contributed by atoms with Crippen LogP contribution in [0.4, 0.5) is 0 Å². The van der Waals surface area contributed by atoms with Gasteiger partial charge >= 0.3 is 5.97 Å². The summed E-state index contributed by atoms with van der Waals surface area (Å²) in [5, 5.41) is 10.0. The van der Waals surface area contributed by atoms with E-state index >= 15 is 0 Å². The molecule has 0 saturated carbocycles. The highest BCUT2D eigenvalue weighted by Gasteiger charge is 2.46. The van der Waals surface area contributed by atoms with Crippen molar-refractivity contribution in [2.75, 3.05) is 7.11 Å². The van der Waals surface area contributed by atoms with Gasteiger partial charge in [-0.15, -0.1) is 0 Å². The van der Waals surface area contributed by atoms with Crippen molar-refractivity contribution < 1.29 is 19.4 Å². The summed E-state index contributed by atoms with van der Waals surface area (Å²) in [4.78, 5) is 27.2. The summed E-state index contributed by atoms with van der Waals surface area (Å²) in [7, 11) is 1.60. The monoisotopic (exact) mass is 370 g/mol. The van der Waals surface area contributed by atoms with Crippen LogP contribution in [-0.2, 0) is 11.3 Å². The van der Waals surface area contributed by atoms with Crippen LogP contribution < -0.4 is 4.74 Å². The lowest BCUT2D eigenvalue weighted by Gasteiger charge is -2.44. The van der Waals surface area contributed by atoms with Gasteiger partial charge < -0.3 is 19.3 Å². The number of hydrogen-bond acceptors (Lipinski definition) is 3. The average molecular weight is 370 g/mol. The lowest BCUT2D eigenvalue weighted by atomic mass is 9.85. The maximum Gasteiger partial charge on any atom is 0.328 e. The Morgan fingerprint density at radius 2 is 1.89 bits per heavy atom. The minimum absolute atomic E-state index is 0.0836. The van der Waals surface area contributed by atoms with Gasteiger partial charge in [0.05, 0.1) is 19.7 Å². The number of para-hydroxylation sites is 1. The third-order valence-electron chi connectivity index (χ3n) is 5.56. The SMILES string of the molecule is CCC(CC)C1C(C(=O)O)n2cccc2C(=O)N1Cc1ccccc1OC. The highest BCUT2D eigenvalue weighted by molar-refractivity contribution is 5.95. The average Bonchev–Trinajstić information content (AvgIpc) is 3.15. The molecule has 3 rings (SSSR count). The molecule has 0 bridgehead atoms. The number of rotatable bonds is 7. The molecule has 1 aromatic carbocycles. The fourth-order valence-electron chi connectivity index (χ4n) is 4.18. The van der Waals surface area contributed by atoms with Crippen molar-refractivity contribution in [2.24, 2.45) is 5.92 Å². The normalized spacial score (nSPS) is 19.3. The number of hydrogen-bond donors (Lipinski definition) is 1. The lowest BCUT2D eigenvalue weighted by molar-refractivity contribution is -0.144. The van der Waals surface area contributed by atoms with Crippen molar-refractivity contribution in [3.8, 4) is 5.75 Å². The first-order valence-corrected chi connectivity index (χ1v) is 9.35. The number of benzene rings is 1. The van der Waals surface area contributed by atoms with Gasteiger partial charge in [-0.2, -0.15) is 0 Å². The molecule has 27 heavy (non-hydrogen) atoms. The zero-order valence-corrected chi connectivity index (χ0v) is 16.0. The number of aliphatic carboxylic acids is 1. The van der Waals surface area contributed by atoms with Gasteiger partial charge in [-0.3, -0.25) is 4.79 Å². The molecule has 0 saturated heterocycles. The van der Waals surface area contributed by atoms with E-state index in [1.165, 1.54) is 0 Å². The number of nitrogens with zero attached hydrogens (tertiary/aromatic N) is 2. The van der Waals surface area contributed by atoms with Gasteiger partial charge in [0.15, 0.2) is 6.04 Å². The molecular weight excluding hydrogens is 344 g/mol. The number of amides is 1. The first-order valence-electron chi connectivity index (χ1n) is 9.35. The molecule has 2 atom stereocenters. The van der Waals surface area contributed by atoms with Gasteiger partial charge in [-0.1, -0.05) is 44.9 Å². The van der Waals surface area contributed by atoms with Gasteiger partial charge in [-0.25, -0.2) is 4.79 Å². The molecular formula is C21H26N2O4. The Morgan fingerprint density at radius 1 is 1.19 bits per heavy atom. The molecule has 2 aromatic rings. The molecule has 0 fully saturated rings. The quantitative estimate of drug-likeness (QED) is 0.809. The van der Waals surface area contributed by atoms with E-state index in [0.717, 1.165) is 18.4 Å². The predicted molar refractivity (Wildman–Crippen MR) is 102 cm³/mol. The van der Waals surface area contributed by atoms with Crippen molar-refractivity contribution >= 4 is 11.9 Å². The number of carbonyl (C=O) groups excluding carboxylic acids is 1. The first-order chi connectivity index (χ1) is 13.0. The lowest BCUT2D eigenvalue weighted by Crippen LogP contribution is -2.55. The molecule has 1 aromatic heterocycles. The van der Waals surface area contributed by atoms with E-state index in [1.807, 2.05) is 38.1 Å². The highest BCUT2D eigenvalue weighted by atomic mass is 16.5. The van der Waals surface area contributed by atoms with Crippen molar-refractivity contribution in [3.05, 3.63) is 53.9 Å². The van der Waals surface area contributed by atoms with Crippen LogP contribution >= 0.6 is 0 Å². The number of methoxy groups -OCH3 is 1. The van der Waals surface area contributed by atoms with Gasteiger partial charge in [-0.05, 0) is 24.1 Å². The van der Waals surface area contributed by atoms with E-state index in [-0.39, 0.29) is 11.8 Å². The van der Waals surface area contributed by atoms with E-state index < -0.39 is 18.1 Å². The summed E-state index contributed by atoms with van der Waals surface area (Å²) < 4.78 is 7.06. The Labute approximate surface area is 159 Å². The van der Waals surface area contributed by atoms with Crippen LogP contribution in [0.5, 0.6) is 5.75 Å². The maximum absolute atomic E-state index is 13.3. The zero-order valence-electron chi connectivity index (χ0n) is 16.0. The van der Waals surface area contributed by atoms with Crippen molar-refractivity contribution in [1.82, 2.24) is 9.47 Å². The van der Waals surface area contributed by atoms with Gasteiger partial charge in [0.25, 0.3) is 5.91 Å². The zero-order chi connectivity index (χ0) is 19.6. The van der Waals surface area contributed by atoms with Crippen LogP contribution in [0.1, 0.15) is 48.8 Å². The summed E-state index contributed by atoms with van der Waals surface area (Å²) in [5.41, 5.74) is 1.29. The minimum atomic E-state index is -0.915.